The highest BCUT2D eigenvalue weighted by Crippen LogP contribution is 2.52. The van der Waals surface area contributed by atoms with Gasteiger partial charge in [0.1, 0.15) is 5.76 Å². The summed E-state index contributed by atoms with van der Waals surface area (Å²) >= 11 is 0. The van der Waals surface area contributed by atoms with Gasteiger partial charge < -0.3 is 9.73 Å². The molecule has 1 N–H and O–H groups in total. The minimum atomic E-state index is 0.178. The van der Waals surface area contributed by atoms with Gasteiger partial charge in [-0.3, -0.25) is 9.69 Å². The van der Waals surface area contributed by atoms with Crippen LogP contribution in [0, 0.1) is 0 Å². The van der Waals surface area contributed by atoms with E-state index in [4.69, 9.17) is 4.42 Å². The van der Waals surface area contributed by atoms with Gasteiger partial charge >= 0.3 is 0 Å². The topological polar surface area (TPSA) is 45.5 Å². The van der Waals surface area contributed by atoms with Crippen molar-refractivity contribution in [2.24, 2.45) is 0 Å². The smallest absolute Gasteiger partial charge is 0.220 e. The number of hydrogen-bond acceptors (Lipinski definition) is 3. The fraction of sp³-hybridized carbons (Fsp3) is 0.522. The van der Waals surface area contributed by atoms with Crippen molar-refractivity contribution >= 4 is 5.91 Å². The first-order valence-electron chi connectivity index (χ1n) is 10.2. The molecule has 1 aromatic carbocycles. The van der Waals surface area contributed by atoms with Crippen LogP contribution in [-0.4, -0.2) is 29.9 Å². The van der Waals surface area contributed by atoms with Crippen LogP contribution in [-0.2, 0) is 16.8 Å². The lowest BCUT2D eigenvalue weighted by atomic mass is 9.73. The van der Waals surface area contributed by atoms with E-state index in [1.165, 1.54) is 11.1 Å². The zero-order chi connectivity index (χ0) is 18.9. The monoisotopic (exact) mass is 366 g/mol. The molecule has 1 aliphatic heterocycles. The summed E-state index contributed by atoms with van der Waals surface area (Å²) in [5.74, 6) is 1.56. The predicted molar refractivity (Wildman–Crippen MR) is 107 cm³/mol. The Morgan fingerprint density at radius 2 is 2.00 bits per heavy atom. The number of hydrogen-bond donors (Lipinski definition) is 1. The quantitative estimate of drug-likeness (QED) is 0.862. The maximum absolute atomic E-state index is 12.4. The van der Waals surface area contributed by atoms with Crippen LogP contribution in [0.5, 0.6) is 0 Å². The zero-order valence-electron chi connectivity index (χ0n) is 16.4. The van der Waals surface area contributed by atoms with Gasteiger partial charge in [-0.2, -0.15) is 0 Å². The molecule has 1 atom stereocenters. The molecule has 1 amide bonds. The molecule has 27 heavy (non-hydrogen) atoms. The highest BCUT2D eigenvalue weighted by molar-refractivity contribution is 5.77. The molecule has 1 spiro atoms. The normalized spacial score (nSPS) is 21.5. The SMILES string of the molecule is CC(C)NC(=O)C[C@H]1CC2(CCN(Cc3ccco3)CC2)c2ccccc21. The van der Waals surface area contributed by atoms with Crippen LogP contribution in [0.4, 0.5) is 0 Å². The van der Waals surface area contributed by atoms with Crippen LogP contribution in [0.25, 0.3) is 0 Å². The van der Waals surface area contributed by atoms with E-state index in [1.807, 2.05) is 19.9 Å². The van der Waals surface area contributed by atoms with Crippen molar-refractivity contribution in [2.75, 3.05) is 13.1 Å². The largest absolute Gasteiger partial charge is 0.468 e. The van der Waals surface area contributed by atoms with Crippen molar-refractivity contribution < 1.29 is 9.21 Å². The van der Waals surface area contributed by atoms with Crippen molar-refractivity contribution in [3.8, 4) is 0 Å². The van der Waals surface area contributed by atoms with Crippen LogP contribution >= 0.6 is 0 Å². The molecule has 4 heteroatoms. The first-order valence-corrected chi connectivity index (χ1v) is 10.2. The number of rotatable bonds is 5. The molecule has 2 heterocycles. The zero-order valence-corrected chi connectivity index (χ0v) is 16.4. The van der Waals surface area contributed by atoms with Gasteiger partial charge in [0.2, 0.25) is 5.91 Å². The molecular weight excluding hydrogens is 336 g/mol. The number of nitrogens with zero attached hydrogens (tertiary/aromatic N) is 1. The minimum absolute atomic E-state index is 0.178. The first-order chi connectivity index (χ1) is 13.1. The molecule has 144 valence electrons. The number of likely N-dealkylation sites (tertiary alicyclic amines) is 1. The van der Waals surface area contributed by atoms with Crippen molar-refractivity contribution in [2.45, 2.75) is 63.5 Å². The molecule has 0 radical (unpaired) electrons. The van der Waals surface area contributed by atoms with E-state index < -0.39 is 0 Å². The fourth-order valence-electron chi connectivity index (χ4n) is 5.05. The van der Waals surface area contributed by atoms with Crippen molar-refractivity contribution in [1.82, 2.24) is 10.2 Å². The number of fused-ring (bicyclic) bond motifs is 2. The van der Waals surface area contributed by atoms with Gasteiger partial charge in [0, 0.05) is 12.5 Å². The number of carbonyl (C=O) groups is 1. The third-order valence-electron chi connectivity index (χ3n) is 6.26. The Hall–Kier alpha value is -2.07. The first kappa shape index (κ1) is 18.3. The van der Waals surface area contributed by atoms with Crippen LogP contribution < -0.4 is 5.32 Å². The van der Waals surface area contributed by atoms with Crippen LogP contribution in [0.3, 0.4) is 0 Å². The number of carbonyl (C=O) groups excluding carboxylic acids is 1. The molecule has 0 bridgehead atoms. The summed E-state index contributed by atoms with van der Waals surface area (Å²) in [5, 5.41) is 3.07. The lowest BCUT2D eigenvalue weighted by Gasteiger charge is -2.40. The van der Waals surface area contributed by atoms with E-state index >= 15 is 0 Å². The second-order valence-electron chi connectivity index (χ2n) is 8.55. The fourth-order valence-corrected chi connectivity index (χ4v) is 5.05. The molecule has 2 aliphatic rings. The number of amides is 1. The second-order valence-corrected chi connectivity index (χ2v) is 8.55. The number of benzene rings is 1. The lowest BCUT2D eigenvalue weighted by molar-refractivity contribution is -0.122. The summed E-state index contributed by atoms with van der Waals surface area (Å²) in [5.41, 5.74) is 3.12. The standard InChI is InChI=1S/C23H30N2O2/c1-17(2)24-22(26)14-18-15-23(21-8-4-3-7-20(18)21)9-11-25(12-10-23)16-19-6-5-13-27-19/h3-8,13,17-18H,9-12,14-16H2,1-2H3,(H,24,26)/t18-/m0/s1. The number of piperidine rings is 1. The molecule has 1 aliphatic carbocycles. The van der Waals surface area contributed by atoms with Gasteiger partial charge in [0.15, 0.2) is 0 Å². The highest BCUT2D eigenvalue weighted by Gasteiger charge is 2.45. The Morgan fingerprint density at radius 1 is 1.22 bits per heavy atom. The van der Waals surface area contributed by atoms with Gasteiger partial charge in [-0.15, -0.1) is 0 Å². The van der Waals surface area contributed by atoms with Gasteiger partial charge in [0.25, 0.3) is 0 Å². The summed E-state index contributed by atoms with van der Waals surface area (Å²) in [6.07, 6.45) is 5.78. The Balaban J connectivity index is 1.46. The summed E-state index contributed by atoms with van der Waals surface area (Å²) in [4.78, 5) is 14.9. The lowest BCUT2D eigenvalue weighted by Crippen LogP contribution is -2.41. The maximum Gasteiger partial charge on any atom is 0.220 e. The van der Waals surface area contributed by atoms with Crippen molar-refractivity contribution in [3.05, 3.63) is 59.5 Å². The summed E-state index contributed by atoms with van der Waals surface area (Å²) in [6.45, 7) is 7.11. The predicted octanol–water partition coefficient (Wildman–Crippen LogP) is 4.22. The van der Waals surface area contributed by atoms with Gasteiger partial charge in [-0.1, -0.05) is 24.3 Å². The van der Waals surface area contributed by atoms with E-state index in [2.05, 4.69) is 40.5 Å². The molecule has 4 nitrogen and oxygen atoms in total. The second kappa shape index (κ2) is 7.51. The molecule has 0 unspecified atom stereocenters. The van der Waals surface area contributed by atoms with E-state index in [0.29, 0.717) is 12.3 Å². The van der Waals surface area contributed by atoms with Crippen molar-refractivity contribution in [1.29, 1.82) is 0 Å². The summed E-state index contributed by atoms with van der Waals surface area (Å²) in [6, 6.07) is 13.0. The third kappa shape index (κ3) is 3.81. The Labute approximate surface area is 161 Å². The minimum Gasteiger partial charge on any atom is -0.468 e. The van der Waals surface area contributed by atoms with Gasteiger partial charge in [0.05, 0.1) is 12.8 Å². The van der Waals surface area contributed by atoms with E-state index in [0.717, 1.165) is 44.7 Å². The highest BCUT2D eigenvalue weighted by atomic mass is 16.3. The van der Waals surface area contributed by atoms with Crippen LogP contribution in [0.1, 0.15) is 62.3 Å². The van der Waals surface area contributed by atoms with Gasteiger partial charge in [-0.25, -0.2) is 0 Å². The molecule has 1 fully saturated rings. The molecular formula is C23H30N2O2. The third-order valence-corrected chi connectivity index (χ3v) is 6.26. The molecule has 1 saturated heterocycles. The molecule has 4 rings (SSSR count). The van der Waals surface area contributed by atoms with E-state index in [1.54, 1.807) is 6.26 Å². The van der Waals surface area contributed by atoms with Crippen LogP contribution in [0.15, 0.2) is 47.1 Å². The van der Waals surface area contributed by atoms with E-state index in [9.17, 15) is 4.79 Å². The van der Waals surface area contributed by atoms with Crippen LogP contribution in [0.2, 0.25) is 0 Å². The summed E-state index contributed by atoms with van der Waals surface area (Å²) in [7, 11) is 0. The number of furan rings is 1. The molecule has 0 saturated carbocycles. The van der Waals surface area contributed by atoms with E-state index in [-0.39, 0.29) is 17.4 Å². The van der Waals surface area contributed by atoms with Gasteiger partial charge in [-0.05, 0) is 80.8 Å². The maximum atomic E-state index is 12.4. The summed E-state index contributed by atoms with van der Waals surface area (Å²) < 4.78 is 5.52. The Kier molecular flexibility index (Phi) is 5.09. The molecule has 2 aromatic rings. The Bertz CT molecular complexity index is 773. The average molecular weight is 367 g/mol. The van der Waals surface area contributed by atoms with Crippen molar-refractivity contribution in [3.63, 3.8) is 0 Å². The number of nitrogens with one attached hydrogen (secondary N) is 1. The Morgan fingerprint density at radius 3 is 2.70 bits per heavy atom. The average Bonchev–Trinajstić information content (AvgIpc) is 3.24. The molecule has 1 aromatic heterocycles.